The van der Waals surface area contributed by atoms with Crippen LogP contribution in [0.3, 0.4) is 0 Å². The fourth-order valence-corrected chi connectivity index (χ4v) is 1.82. The van der Waals surface area contributed by atoms with Gasteiger partial charge in [-0.15, -0.1) is 0 Å². The van der Waals surface area contributed by atoms with Crippen LogP contribution in [0, 0.1) is 11.8 Å². The Balaban J connectivity index is 4.07. The summed E-state index contributed by atoms with van der Waals surface area (Å²) in [6.07, 6.45) is 2.23. The van der Waals surface area contributed by atoms with Crippen LogP contribution < -0.4 is 5.73 Å². The lowest BCUT2D eigenvalue weighted by Crippen LogP contribution is -2.33. The normalized spacial score (nSPS) is 17.1. The van der Waals surface area contributed by atoms with Crippen molar-refractivity contribution in [2.45, 2.75) is 59.1 Å². The molecule has 0 aromatic heterocycles. The van der Waals surface area contributed by atoms with Crippen molar-refractivity contribution < 1.29 is 4.74 Å². The molecule has 0 heterocycles. The molecule has 2 nitrogen and oxygen atoms in total. The van der Waals surface area contributed by atoms with Gasteiger partial charge in [0.1, 0.15) is 0 Å². The number of nitrogens with two attached hydrogens (primary N) is 1. The second-order valence-corrected chi connectivity index (χ2v) is 5.27. The van der Waals surface area contributed by atoms with Crippen LogP contribution in [0.1, 0.15) is 47.5 Å². The topological polar surface area (TPSA) is 35.2 Å². The van der Waals surface area contributed by atoms with E-state index >= 15 is 0 Å². The van der Waals surface area contributed by atoms with E-state index in [1.165, 1.54) is 0 Å². The molecule has 0 saturated heterocycles. The van der Waals surface area contributed by atoms with Gasteiger partial charge in [-0.1, -0.05) is 13.8 Å². The lowest BCUT2D eigenvalue weighted by Gasteiger charge is -2.29. The second kappa shape index (κ2) is 5.72. The van der Waals surface area contributed by atoms with Gasteiger partial charge in [-0.3, -0.25) is 0 Å². The molecular weight excluding hydrogens is 174 g/mol. The van der Waals surface area contributed by atoms with Gasteiger partial charge >= 0.3 is 0 Å². The summed E-state index contributed by atoms with van der Waals surface area (Å²) in [4.78, 5) is 0. The Hall–Kier alpha value is -0.0800. The van der Waals surface area contributed by atoms with Crippen molar-refractivity contribution >= 4 is 0 Å². The molecule has 0 aromatic rings. The van der Waals surface area contributed by atoms with Crippen LogP contribution >= 0.6 is 0 Å². The monoisotopic (exact) mass is 201 g/mol. The van der Waals surface area contributed by atoms with Crippen molar-refractivity contribution in [3.8, 4) is 0 Å². The Morgan fingerprint density at radius 3 is 2.00 bits per heavy atom. The fraction of sp³-hybridized carbons (Fsp3) is 1.00. The average Bonchev–Trinajstić information content (AvgIpc) is 2.03. The maximum Gasteiger partial charge on any atom is 0.0622 e. The van der Waals surface area contributed by atoms with Crippen LogP contribution in [-0.2, 0) is 4.74 Å². The molecule has 0 saturated carbocycles. The van der Waals surface area contributed by atoms with Gasteiger partial charge in [-0.05, 0) is 45.4 Å². The first-order valence-electron chi connectivity index (χ1n) is 5.61. The standard InChI is InChI=1S/C12H27NO/c1-9(2)11(10(3)13)7-8-12(4,5)14-6/h9-11H,7-8,13H2,1-6H3. The lowest BCUT2D eigenvalue weighted by atomic mass is 9.83. The number of rotatable bonds is 6. The van der Waals surface area contributed by atoms with Crippen LogP contribution in [0.4, 0.5) is 0 Å². The fourth-order valence-electron chi connectivity index (χ4n) is 1.82. The minimum Gasteiger partial charge on any atom is -0.379 e. The van der Waals surface area contributed by atoms with Gasteiger partial charge in [0.2, 0.25) is 0 Å². The molecule has 0 amide bonds. The Kier molecular flexibility index (Phi) is 5.68. The Morgan fingerprint density at radius 1 is 1.21 bits per heavy atom. The van der Waals surface area contributed by atoms with E-state index < -0.39 is 0 Å². The highest BCUT2D eigenvalue weighted by atomic mass is 16.5. The molecule has 0 aromatic carbocycles. The summed E-state index contributed by atoms with van der Waals surface area (Å²) in [5, 5.41) is 0. The van der Waals surface area contributed by atoms with Crippen molar-refractivity contribution in [1.82, 2.24) is 0 Å². The minimum absolute atomic E-state index is 0.0119. The molecule has 0 aliphatic carbocycles. The summed E-state index contributed by atoms with van der Waals surface area (Å²) in [5.41, 5.74) is 5.96. The van der Waals surface area contributed by atoms with Gasteiger partial charge in [0, 0.05) is 13.2 Å². The Bertz CT molecular complexity index is 144. The largest absolute Gasteiger partial charge is 0.379 e. The first-order valence-corrected chi connectivity index (χ1v) is 5.61. The average molecular weight is 201 g/mol. The molecule has 0 spiro atoms. The molecule has 2 N–H and O–H groups in total. The van der Waals surface area contributed by atoms with Crippen molar-refractivity contribution in [2.24, 2.45) is 17.6 Å². The number of methoxy groups -OCH3 is 1. The Labute approximate surface area is 89.2 Å². The summed E-state index contributed by atoms with van der Waals surface area (Å²) in [6.45, 7) is 10.9. The van der Waals surface area contributed by atoms with Gasteiger partial charge in [-0.2, -0.15) is 0 Å². The molecule has 14 heavy (non-hydrogen) atoms. The maximum absolute atomic E-state index is 5.97. The summed E-state index contributed by atoms with van der Waals surface area (Å²) in [7, 11) is 1.77. The van der Waals surface area contributed by atoms with Crippen molar-refractivity contribution in [2.75, 3.05) is 7.11 Å². The van der Waals surface area contributed by atoms with E-state index in [-0.39, 0.29) is 11.6 Å². The third-order valence-electron chi connectivity index (χ3n) is 3.16. The molecule has 0 fully saturated rings. The van der Waals surface area contributed by atoms with Gasteiger partial charge in [0.15, 0.2) is 0 Å². The quantitative estimate of drug-likeness (QED) is 0.717. The molecule has 0 radical (unpaired) electrons. The van der Waals surface area contributed by atoms with Crippen LogP contribution in [-0.4, -0.2) is 18.8 Å². The molecule has 0 aliphatic heterocycles. The van der Waals surface area contributed by atoms with E-state index in [0.717, 1.165) is 12.8 Å². The number of hydrogen-bond donors (Lipinski definition) is 1. The summed E-state index contributed by atoms with van der Waals surface area (Å²) in [6, 6.07) is 0.280. The van der Waals surface area contributed by atoms with Crippen LogP contribution in [0.5, 0.6) is 0 Å². The van der Waals surface area contributed by atoms with E-state index in [2.05, 4.69) is 34.6 Å². The smallest absolute Gasteiger partial charge is 0.0622 e. The maximum atomic E-state index is 5.97. The summed E-state index contributed by atoms with van der Waals surface area (Å²) in [5.74, 6) is 1.26. The van der Waals surface area contributed by atoms with E-state index in [0.29, 0.717) is 11.8 Å². The zero-order valence-corrected chi connectivity index (χ0v) is 10.6. The first kappa shape index (κ1) is 13.9. The van der Waals surface area contributed by atoms with Gasteiger partial charge in [0.25, 0.3) is 0 Å². The minimum atomic E-state index is -0.0119. The highest BCUT2D eigenvalue weighted by Crippen LogP contribution is 2.25. The van der Waals surface area contributed by atoms with Gasteiger partial charge in [0.05, 0.1) is 5.60 Å². The van der Waals surface area contributed by atoms with Crippen molar-refractivity contribution in [3.05, 3.63) is 0 Å². The zero-order valence-electron chi connectivity index (χ0n) is 10.6. The van der Waals surface area contributed by atoms with E-state index in [9.17, 15) is 0 Å². The molecule has 86 valence electrons. The molecule has 0 bridgehead atoms. The Morgan fingerprint density at radius 2 is 1.71 bits per heavy atom. The first-order chi connectivity index (χ1) is 6.30. The third kappa shape index (κ3) is 4.97. The molecule has 0 rings (SSSR count). The van der Waals surface area contributed by atoms with Crippen molar-refractivity contribution in [1.29, 1.82) is 0 Å². The highest BCUT2D eigenvalue weighted by Gasteiger charge is 2.23. The van der Waals surface area contributed by atoms with Gasteiger partial charge in [-0.25, -0.2) is 0 Å². The molecular formula is C12H27NO. The van der Waals surface area contributed by atoms with Crippen LogP contribution in [0.2, 0.25) is 0 Å². The third-order valence-corrected chi connectivity index (χ3v) is 3.16. The van der Waals surface area contributed by atoms with Crippen LogP contribution in [0.15, 0.2) is 0 Å². The van der Waals surface area contributed by atoms with E-state index in [1.807, 2.05) is 0 Å². The van der Waals surface area contributed by atoms with E-state index in [1.54, 1.807) is 7.11 Å². The lowest BCUT2D eigenvalue weighted by molar-refractivity contribution is 0.00792. The number of ether oxygens (including phenoxy) is 1. The SMILES string of the molecule is COC(C)(C)CCC(C(C)C)C(C)N. The van der Waals surface area contributed by atoms with Crippen molar-refractivity contribution in [3.63, 3.8) is 0 Å². The second-order valence-electron chi connectivity index (χ2n) is 5.27. The predicted octanol–water partition coefficient (Wildman–Crippen LogP) is 2.81. The molecule has 2 unspecified atom stereocenters. The highest BCUT2D eigenvalue weighted by molar-refractivity contribution is 4.76. The zero-order chi connectivity index (χ0) is 11.4. The summed E-state index contributed by atoms with van der Waals surface area (Å²) < 4.78 is 5.41. The van der Waals surface area contributed by atoms with Gasteiger partial charge < -0.3 is 10.5 Å². The van der Waals surface area contributed by atoms with E-state index in [4.69, 9.17) is 10.5 Å². The number of hydrogen-bond acceptors (Lipinski definition) is 2. The summed E-state index contributed by atoms with van der Waals surface area (Å²) >= 11 is 0. The predicted molar refractivity (Wildman–Crippen MR) is 62.3 cm³/mol. The van der Waals surface area contributed by atoms with Crippen LogP contribution in [0.25, 0.3) is 0 Å². The molecule has 0 aliphatic rings. The molecule has 2 atom stereocenters. The molecule has 2 heteroatoms.